The van der Waals surface area contributed by atoms with E-state index in [1.807, 2.05) is 0 Å². The first-order chi connectivity index (χ1) is 6.04. The van der Waals surface area contributed by atoms with Gasteiger partial charge in [0.2, 0.25) is 0 Å². The van der Waals surface area contributed by atoms with Gasteiger partial charge in [0.25, 0.3) is 0 Å². The van der Waals surface area contributed by atoms with Gasteiger partial charge in [0.15, 0.2) is 0 Å². The first kappa shape index (κ1) is 11.0. The van der Waals surface area contributed by atoms with E-state index in [1.165, 1.54) is 38.8 Å². The summed E-state index contributed by atoms with van der Waals surface area (Å²) in [5, 5.41) is 3.37. The molecule has 13 heavy (non-hydrogen) atoms. The summed E-state index contributed by atoms with van der Waals surface area (Å²) in [6.45, 7) is 12.0. The normalized spacial score (nSPS) is 21.2. The van der Waals surface area contributed by atoms with Crippen molar-refractivity contribution in [2.45, 2.75) is 53.4 Å². The Bertz CT molecular complexity index is 155. The molecular formula is C12H25N. The molecule has 0 bridgehead atoms. The van der Waals surface area contributed by atoms with Gasteiger partial charge in [-0.2, -0.15) is 0 Å². The highest BCUT2D eigenvalue weighted by Gasteiger charge is 2.33. The first-order valence-corrected chi connectivity index (χ1v) is 5.74. The third-order valence-electron chi connectivity index (χ3n) is 4.14. The molecule has 1 N–H and O–H groups in total. The van der Waals surface area contributed by atoms with E-state index in [9.17, 15) is 0 Å². The number of nitrogens with one attached hydrogen (secondary N) is 1. The Morgan fingerprint density at radius 3 is 2.08 bits per heavy atom. The maximum atomic E-state index is 3.37. The first-order valence-electron chi connectivity index (χ1n) is 5.74. The molecule has 0 aromatic carbocycles. The summed E-state index contributed by atoms with van der Waals surface area (Å²) >= 11 is 0. The predicted molar refractivity (Wildman–Crippen MR) is 58.9 cm³/mol. The Hall–Kier alpha value is -0.0400. The molecule has 0 saturated carbocycles. The van der Waals surface area contributed by atoms with Crippen molar-refractivity contribution < 1.29 is 0 Å². The molecule has 0 radical (unpaired) electrons. The van der Waals surface area contributed by atoms with E-state index < -0.39 is 0 Å². The maximum absolute atomic E-state index is 3.37. The lowest BCUT2D eigenvalue weighted by Crippen LogP contribution is -2.51. The lowest BCUT2D eigenvalue weighted by Gasteiger charge is -2.42. The van der Waals surface area contributed by atoms with Gasteiger partial charge in [-0.25, -0.2) is 0 Å². The molecule has 78 valence electrons. The summed E-state index contributed by atoms with van der Waals surface area (Å²) in [4.78, 5) is 0. The van der Waals surface area contributed by atoms with E-state index in [0.29, 0.717) is 10.8 Å². The Balaban J connectivity index is 2.31. The van der Waals surface area contributed by atoms with Gasteiger partial charge < -0.3 is 5.32 Å². The lowest BCUT2D eigenvalue weighted by atomic mass is 9.72. The summed E-state index contributed by atoms with van der Waals surface area (Å²) < 4.78 is 0. The van der Waals surface area contributed by atoms with Gasteiger partial charge in [0.05, 0.1) is 0 Å². The van der Waals surface area contributed by atoms with E-state index in [1.54, 1.807) is 0 Å². The van der Waals surface area contributed by atoms with Gasteiger partial charge in [0, 0.05) is 13.1 Å². The second kappa shape index (κ2) is 4.00. The molecule has 0 amide bonds. The van der Waals surface area contributed by atoms with Crippen LogP contribution in [0.2, 0.25) is 0 Å². The largest absolute Gasteiger partial charge is 0.316 e. The van der Waals surface area contributed by atoms with Crippen LogP contribution in [0.3, 0.4) is 0 Å². The Kier molecular flexibility index (Phi) is 3.39. The van der Waals surface area contributed by atoms with Crippen LogP contribution in [0.5, 0.6) is 0 Å². The van der Waals surface area contributed by atoms with Crippen LogP contribution >= 0.6 is 0 Å². The summed E-state index contributed by atoms with van der Waals surface area (Å²) in [5.74, 6) is 0. The van der Waals surface area contributed by atoms with Crippen LogP contribution in [0.1, 0.15) is 53.4 Å². The Morgan fingerprint density at radius 2 is 1.77 bits per heavy atom. The highest BCUT2D eigenvalue weighted by Crippen LogP contribution is 2.37. The molecular weight excluding hydrogens is 158 g/mol. The average Bonchev–Trinajstić information content (AvgIpc) is 2.11. The van der Waals surface area contributed by atoms with E-state index in [2.05, 4.69) is 33.0 Å². The van der Waals surface area contributed by atoms with E-state index in [4.69, 9.17) is 0 Å². The molecule has 1 nitrogen and oxygen atoms in total. The van der Waals surface area contributed by atoms with Gasteiger partial charge in [-0.3, -0.25) is 0 Å². The summed E-state index contributed by atoms with van der Waals surface area (Å²) in [7, 11) is 0. The van der Waals surface area contributed by atoms with Gasteiger partial charge in [-0.15, -0.1) is 0 Å². The third-order valence-corrected chi connectivity index (χ3v) is 4.14. The van der Waals surface area contributed by atoms with Crippen molar-refractivity contribution in [1.29, 1.82) is 0 Å². The molecule has 0 aromatic rings. The standard InChI is InChI=1S/C12H25N/c1-5-11(3,6-2)7-8-12(4)9-13-10-12/h13H,5-10H2,1-4H3. The van der Waals surface area contributed by atoms with Crippen LogP contribution in [0.4, 0.5) is 0 Å². The fourth-order valence-corrected chi connectivity index (χ4v) is 1.94. The zero-order chi connectivity index (χ0) is 9.95. The van der Waals surface area contributed by atoms with E-state index in [0.717, 1.165) is 0 Å². The average molecular weight is 183 g/mol. The smallest absolute Gasteiger partial charge is 0.00176 e. The van der Waals surface area contributed by atoms with Crippen molar-refractivity contribution >= 4 is 0 Å². The van der Waals surface area contributed by atoms with E-state index >= 15 is 0 Å². The molecule has 1 fully saturated rings. The second-order valence-corrected chi connectivity index (χ2v) is 5.43. The summed E-state index contributed by atoms with van der Waals surface area (Å²) in [6, 6.07) is 0. The molecule has 1 aliphatic heterocycles. The molecule has 1 heteroatoms. The van der Waals surface area contributed by atoms with Crippen LogP contribution in [0, 0.1) is 10.8 Å². The van der Waals surface area contributed by atoms with Crippen molar-refractivity contribution in [3.8, 4) is 0 Å². The molecule has 1 rings (SSSR count). The zero-order valence-corrected chi connectivity index (χ0v) is 9.74. The van der Waals surface area contributed by atoms with Crippen LogP contribution in [0.25, 0.3) is 0 Å². The second-order valence-electron chi connectivity index (χ2n) is 5.43. The number of hydrogen-bond acceptors (Lipinski definition) is 1. The predicted octanol–water partition coefficient (Wildman–Crippen LogP) is 3.20. The van der Waals surface area contributed by atoms with Crippen molar-refractivity contribution in [1.82, 2.24) is 5.32 Å². The SMILES string of the molecule is CCC(C)(CC)CCC1(C)CNC1. The highest BCUT2D eigenvalue weighted by molar-refractivity contribution is 4.89. The van der Waals surface area contributed by atoms with Gasteiger partial charge in [-0.1, -0.05) is 40.5 Å². The topological polar surface area (TPSA) is 12.0 Å². The fraction of sp³-hybridized carbons (Fsp3) is 1.00. The minimum Gasteiger partial charge on any atom is -0.316 e. The molecule has 0 spiro atoms. The lowest BCUT2D eigenvalue weighted by molar-refractivity contribution is 0.136. The maximum Gasteiger partial charge on any atom is 0.00176 e. The van der Waals surface area contributed by atoms with Crippen molar-refractivity contribution in [2.24, 2.45) is 10.8 Å². The van der Waals surface area contributed by atoms with E-state index in [-0.39, 0.29) is 0 Å². The van der Waals surface area contributed by atoms with Crippen LogP contribution in [-0.4, -0.2) is 13.1 Å². The summed E-state index contributed by atoms with van der Waals surface area (Å²) in [5.41, 5.74) is 1.21. The summed E-state index contributed by atoms with van der Waals surface area (Å²) in [6.07, 6.45) is 5.45. The van der Waals surface area contributed by atoms with Crippen molar-refractivity contribution in [3.63, 3.8) is 0 Å². The fourth-order valence-electron chi connectivity index (χ4n) is 1.94. The zero-order valence-electron chi connectivity index (χ0n) is 9.74. The molecule has 0 atom stereocenters. The van der Waals surface area contributed by atoms with Gasteiger partial charge in [0.1, 0.15) is 0 Å². The Labute approximate surface area is 83.3 Å². The van der Waals surface area contributed by atoms with Crippen molar-refractivity contribution in [3.05, 3.63) is 0 Å². The highest BCUT2D eigenvalue weighted by atomic mass is 15.0. The Morgan fingerprint density at radius 1 is 1.23 bits per heavy atom. The molecule has 0 aliphatic carbocycles. The van der Waals surface area contributed by atoms with Gasteiger partial charge >= 0.3 is 0 Å². The minimum absolute atomic E-state index is 0.596. The van der Waals surface area contributed by atoms with Crippen LogP contribution in [0.15, 0.2) is 0 Å². The molecule has 1 aliphatic rings. The molecule has 1 heterocycles. The minimum atomic E-state index is 0.596. The molecule has 0 aromatic heterocycles. The van der Waals surface area contributed by atoms with Crippen molar-refractivity contribution in [2.75, 3.05) is 13.1 Å². The number of hydrogen-bond donors (Lipinski definition) is 1. The quantitative estimate of drug-likeness (QED) is 0.690. The monoisotopic (exact) mass is 183 g/mol. The number of rotatable bonds is 5. The molecule has 1 saturated heterocycles. The van der Waals surface area contributed by atoms with Gasteiger partial charge in [-0.05, 0) is 23.7 Å². The molecule has 0 unspecified atom stereocenters. The van der Waals surface area contributed by atoms with Crippen LogP contribution < -0.4 is 5.32 Å². The third kappa shape index (κ3) is 2.70. The van der Waals surface area contributed by atoms with Crippen LogP contribution in [-0.2, 0) is 0 Å².